The van der Waals surface area contributed by atoms with Crippen molar-refractivity contribution in [1.29, 1.82) is 0 Å². The summed E-state index contributed by atoms with van der Waals surface area (Å²) in [7, 11) is 0. The second-order valence-electron chi connectivity index (χ2n) is 13.6. The van der Waals surface area contributed by atoms with Crippen LogP contribution in [-0.4, -0.2) is 92.7 Å². The van der Waals surface area contributed by atoms with Gasteiger partial charge in [-0.05, 0) is 50.4 Å². The van der Waals surface area contributed by atoms with Gasteiger partial charge in [-0.25, -0.2) is 9.78 Å². The minimum absolute atomic E-state index is 0.00416. The first-order valence-electron chi connectivity index (χ1n) is 16.6. The van der Waals surface area contributed by atoms with Gasteiger partial charge in [0, 0.05) is 24.7 Å². The molecule has 0 saturated heterocycles. The average molecular weight is 694 g/mol. The van der Waals surface area contributed by atoms with E-state index in [9.17, 15) is 38.7 Å². The van der Waals surface area contributed by atoms with E-state index in [0.29, 0.717) is 5.69 Å². The fraction of sp³-hybridized carbons (Fsp3) is 0.688. The third-order valence-electron chi connectivity index (χ3n) is 7.40. The zero-order chi connectivity index (χ0) is 37.4. The molecule has 0 spiro atoms. The van der Waals surface area contributed by atoms with Crippen LogP contribution in [0.1, 0.15) is 86.3 Å². The Labute approximate surface area is 287 Å². The molecule has 0 saturated carbocycles. The number of hydrogen-bond donors (Lipinski definition) is 9. The van der Waals surface area contributed by atoms with Gasteiger partial charge in [-0.15, -0.1) is 0 Å². The first kappa shape index (κ1) is 42.5. The zero-order valence-electron chi connectivity index (χ0n) is 29.5. The second-order valence-corrected chi connectivity index (χ2v) is 13.6. The van der Waals surface area contributed by atoms with Crippen LogP contribution in [0.2, 0.25) is 0 Å². The number of imidazole rings is 1. The Morgan fingerprint density at radius 2 is 1.12 bits per heavy atom. The molecule has 17 heteroatoms. The summed E-state index contributed by atoms with van der Waals surface area (Å²) in [6.07, 6.45) is 3.37. The van der Waals surface area contributed by atoms with Gasteiger partial charge in [0.2, 0.25) is 35.4 Å². The molecular weight excluding hydrogens is 638 g/mol. The number of primary amides is 1. The number of rotatable bonds is 22. The van der Waals surface area contributed by atoms with E-state index in [1.165, 1.54) is 13.3 Å². The van der Waals surface area contributed by atoms with Crippen molar-refractivity contribution in [3.8, 4) is 0 Å². The highest BCUT2D eigenvalue weighted by Crippen LogP contribution is 2.12. The van der Waals surface area contributed by atoms with Crippen LogP contribution in [0.4, 0.5) is 0 Å². The van der Waals surface area contributed by atoms with Gasteiger partial charge in [0.25, 0.3) is 0 Å². The number of H-pyrrole nitrogens is 1. The molecule has 0 radical (unpaired) electrons. The molecule has 0 fully saturated rings. The van der Waals surface area contributed by atoms with Crippen LogP contribution in [0.5, 0.6) is 0 Å². The number of aromatic nitrogens is 2. The smallest absolute Gasteiger partial charge is 0.326 e. The lowest BCUT2D eigenvalue weighted by atomic mass is 9.98. The third-order valence-corrected chi connectivity index (χ3v) is 7.40. The topological polar surface area (TPSA) is 281 Å². The summed E-state index contributed by atoms with van der Waals surface area (Å²) in [5.74, 6) is -5.49. The van der Waals surface area contributed by atoms with Gasteiger partial charge in [0.15, 0.2) is 0 Å². The number of nitrogens with zero attached hydrogens (tertiary/aromatic N) is 1. The summed E-state index contributed by atoms with van der Waals surface area (Å²) < 4.78 is 0. The van der Waals surface area contributed by atoms with E-state index >= 15 is 0 Å². The van der Waals surface area contributed by atoms with Crippen LogP contribution < -0.4 is 38.1 Å². The molecule has 49 heavy (non-hydrogen) atoms. The number of aliphatic carboxylic acids is 1. The summed E-state index contributed by atoms with van der Waals surface area (Å²) >= 11 is 0. The molecule has 1 aromatic heterocycles. The lowest BCUT2D eigenvalue weighted by molar-refractivity contribution is -0.142. The lowest BCUT2D eigenvalue weighted by Gasteiger charge is -2.28. The van der Waals surface area contributed by atoms with E-state index in [2.05, 4.69) is 36.6 Å². The van der Waals surface area contributed by atoms with Crippen molar-refractivity contribution in [3.05, 3.63) is 18.2 Å². The van der Waals surface area contributed by atoms with Crippen molar-refractivity contribution < 1.29 is 38.7 Å². The molecule has 1 aromatic rings. The molecule has 6 amide bonds. The highest BCUT2D eigenvalue weighted by Gasteiger charge is 2.33. The van der Waals surface area contributed by atoms with E-state index in [1.54, 1.807) is 6.20 Å². The third kappa shape index (κ3) is 16.4. The molecule has 0 aliphatic carbocycles. The lowest BCUT2D eigenvalue weighted by Crippen LogP contribution is -2.59. The molecule has 6 atom stereocenters. The van der Waals surface area contributed by atoms with Gasteiger partial charge in [-0.3, -0.25) is 28.8 Å². The predicted molar refractivity (Wildman–Crippen MR) is 180 cm³/mol. The Hall–Kier alpha value is -4.54. The minimum Gasteiger partial charge on any atom is -0.480 e. The van der Waals surface area contributed by atoms with Crippen LogP contribution in [0.25, 0.3) is 0 Å². The fourth-order valence-electron chi connectivity index (χ4n) is 4.88. The summed E-state index contributed by atoms with van der Waals surface area (Å²) in [4.78, 5) is 95.5. The van der Waals surface area contributed by atoms with Crippen LogP contribution in [0.15, 0.2) is 12.5 Å². The Bertz CT molecular complexity index is 1270. The number of hydrogen-bond acceptors (Lipinski definition) is 9. The predicted octanol–water partition coefficient (Wildman–Crippen LogP) is -0.788. The monoisotopic (exact) mass is 693 g/mol. The molecule has 6 unspecified atom stereocenters. The van der Waals surface area contributed by atoms with Gasteiger partial charge in [0.1, 0.15) is 30.2 Å². The van der Waals surface area contributed by atoms with Gasteiger partial charge in [0.05, 0.1) is 12.4 Å². The Morgan fingerprint density at radius 3 is 1.51 bits per heavy atom. The molecule has 0 bridgehead atoms. The number of carboxylic acid groups (broad SMARTS) is 1. The first-order chi connectivity index (χ1) is 22.8. The van der Waals surface area contributed by atoms with Gasteiger partial charge < -0.3 is 48.1 Å². The quantitative estimate of drug-likeness (QED) is 0.0730. The van der Waals surface area contributed by atoms with Crippen molar-refractivity contribution in [3.63, 3.8) is 0 Å². The van der Waals surface area contributed by atoms with Crippen molar-refractivity contribution in [2.75, 3.05) is 0 Å². The van der Waals surface area contributed by atoms with Gasteiger partial charge >= 0.3 is 5.97 Å². The Kier molecular flexibility index (Phi) is 18.0. The van der Waals surface area contributed by atoms with Crippen LogP contribution >= 0.6 is 0 Å². The number of amides is 6. The molecule has 1 heterocycles. The number of carbonyl (C=O) groups excluding carboxylic acids is 6. The van der Waals surface area contributed by atoms with Crippen molar-refractivity contribution in [2.45, 2.75) is 123 Å². The molecule has 0 aromatic carbocycles. The van der Waals surface area contributed by atoms with Crippen molar-refractivity contribution in [2.24, 2.45) is 29.2 Å². The summed E-state index contributed by atoms with van der Waals surface area (Å²) in [6.45, 7) is 12.5. The molecule has 17 nitrogen and oxygen atoms in total. The number of carbonyl (C=O) groups is 7. The minimum atomic E-state index is -1.40. The van der Waals surface area contributed by atoms with E-state index in [0.717, 1.165) is 0 Å². The maximum absolute atomic E-state index is 13.6. The number of carboxylic acids is 1. The number of nitrogens with one attached hydrogen (secondary N) is 6. The second kappa shape index (κ2) is 20.7. The fourth-order valence-corrected chi connectivity index (χ4v) is 4.88. The molecule has 0 aliphatic heterocycles. The molecule has 1 rings (SSSR count). The molecule has 0 aliphatic rings. The Morgan fingerprint density at radius 1 is 0.694 bits per heavy atom. The number of nitrogens with two attached hydrogens (primary N) is 2. The van der Waals surface area contributed by atoms with Crippen molar-refractivity contribution >= 4 is 41.4 Å². The SMILES string of the molecule is CC(C)CC(NC(=O)C(N)Cc1cnc[nH]1)C(=O)NC(CC(C)C)C(=O)NC(CC(C)C)C(=O)NC(C)C(=O)NC(CCC(N)=O)C(=O)O. The van der Waals surface area contributed by atoms with Gasteiger partial charge in [-0.2, -0.15) is 0 Å². The normalized spacial score (nSPS) is 15.0. The molecule has 11 N–H and O–H groups in total. The number of aromatic amines is 1. The zero-order valence-corrected chi connectivity index (χ0v) is 29.5. The highest BCUT2D eigenvalue weighted by atomic mass is 16.4. The van der Waals surface area contributed by atoms with Crippen LogP contribution in [0.3, 0.4) is 0 Å². The van der Waals surface area contributed by atoms with E-state index < -0.39 is 77.7 Å². The largest absolute Gasteiger partial charge is 0.480 e. The first-order valence-corrected chi connectivity index (χ1v) is 16.6. The van der Waals surface area contributed by atoms with Crippen molar-refractivity contribution in [1.82, 2.24) is 36.6 Å². The van der Waals surface area contributed by atoms with E-state index in [4.69, 9.17) is 11.5 Å². The summed E-state index contributed by atoms with van der Waals surface area (Å²) in [6, 6.07) is -6.71. The van der Waals surface area contributed by atoms with Crippen LogP contribution in [-0.2, 0) is 40.0 Å². The van der Waals surface area contributed by atoms with Crippen LogP contribution in [0, 0.1) is 17.8 Å². The van der Waals surface area contributed by atoms with E-state index in [1.807, 2.05) is 41.5 Å². The standard InChI is InChI=1S/C32H55N9O8/c1-16(2)10-23(29(45)37-19(7)27(43)38-22(32(48)49)8-9-26(34)42)40-31(47)25(12-18(5)6)41-30(46)24(11-17(3)4)39-28(44)21(33)13-20-14-35-15-36-20/h14-19,21-25H,8-13,33H2,1-7H3,(H2,34,42)(H,35,36)(H,37,45)(H,38,43)(H,39,44)(H,40,47)(H,41,46)(H,48,49). The molecule has 276 valence electrons. The molecular formula is C32H55N9O8. The van der Waals surface area contributed by atoms with Gasteiger partial charge in [-0.1, -0.05) is 41.5 Å². The summed E-state index contributed by atoms with van der Waals surface area (Å²) in [5, 5.41) is 22.3. The average Bonchev–Trinajstić information content (AvgIpc) is 3.49. The highest BCUT2D eigenvalue weighted by molar-refractivity contribution is 5.96. The maximum atomic E-state index is 13.6. The summed E-state index contributed by atoms with van der Waals surface area (Å²) in [5.41, 5.74) is 11.8. The Balaban J connectivity index is 3.06. The maximum Gasteiger partial charge on any atom is 0.326 e. The van der Waals surface area contributed by atoms with E-state index in [-0.39, 0.29) is 56.3 Å².